The van der Waals surface area contributed by atoms with Crippen molar-refractivity contribution in [3.8, 4) is 0 Å². The van der Waals surface area contributed by atoms with Crippen molar-refractivity contribution in [1.82, 2.24) is 5.32 Å². The second kappa shape index (κ2) is 6.08. The van der Waals surface area contributed by atoms with Crippen LogP contribution in [0.3, 0.4) is 0 Å². The molecule has 108 valence electrons. The molecule has 0 aromatic heterocycles. The van der Waals surface area contributed by atoms with Crippen molar-refractivity contribution in [2.24, 2.45) is 0 Å². The van der Waals surface area contributed by atoms with E-state index in [4.69, 9.17) is 23.2 Å². The number of amides is 1. The summed E-state index contributed by atoms with van der Waals surface area (Å²) in [5.74, 6) is -0.177. The van der Waals surface area contributed by atoms with Gasteiger partial charge in [0, 0.05) is 5.02 Å². The van der Waals surface area contributed by atoms with Crippen molar-refractivity contribution in [2.75, 3.05) is 0 Å². The lowest BCUT2D eigenvalue weighted by Gasteiger charge is -2.26. The lowest BCUT2D eigenvalue weighted by Crippen LogP contribution is -2.31. The summed E-state index contributed by atoms with van der Waals surface area (Å²) in [6, 6.07) is 13.2. The summed E-state index contributed by atoms with van der Waals surface area (Å²) < 4.78 is 0. The molecule has 1 N–H and O–H groups in total. The van der Waals surface area contributed by atoms with Crippen molar-refractivity contribution in [3.05, 3.63) is 69.2 Å². The zero-order valence-electron chi connectivity index (χ0n) is 11.4. The quantitative estimate of drug-likeness (QED) is 0.846. The SMILES string of the molecule is O=C(NC1CCCc2ccccc21)c1cc(Cl)ccc1Cl. The summed E-state index contributed by atoms with van der Waals surface area (Å²) in [5.41, 5.74) is 2.94. The van der Waals surface area contributed by atoms with E-state index in [9.17, 15) is 4.79 Å². The fourth-order valence-corrected chi connectivity index (χ4v) is 3.19. The lowest BCUT2D eigenvalue weighted by molar-refractivity contribution is 0.0933. The minimum absolute atomic E-state index is 0.0394. The molecule has 0 saturated carbocycles. The molecule has 1 unspecified atom stereocenters. The van der Waals surface area contributed by atoms with Crippen molar-refractivity contribution in [1.29, 1.82) is 0 Å². The van der Waals surface area contributed by atoms with E-state index in [0.29, 0.717) is 15.6 Å². The molecule has 0 spiro atoms. The highest BCUT2D eigenvalue weighted by molar-refractivity contribution is 6.35. The number of benzene rings is 2. The minimum atomic E-state index is -0.177. The molecule has 3 rings (SSSR count). The van der Waals surface area contributed by atoms with Gasteiger partial charge in [-0.15, -0.1) is 0 Å². The Kier molecular flexibility index (Phi) is 4.18. The molecule has 1 aliphatic carbocycles. The number of carbonyl (C=O) groups is 1. The summed E-state index contributed by atoms with van der Waals surface area (Å²) in [6.07, 6.45) is 3.09. The Bertz CT molecular complexity index is 684. The Morgan fingerprint density at radius 1 is 1.14 bits per heavy atom. The Labute approximate surface area is 134 Å². The van der Waals surface area contributed by atoms with Gasteiger partial charge in [-0.2, -0.15) is 0 Å². The monoisotopic (exact) mass is 319 g/mol. The number of fused-ring (bicyclic) bond motifs is 1. The van der Waals surface area contributed by atoms with Crippen LogP contribution in [-0.2, 0) is 6.42 Å². The molecule has 1 amide bonds. The molecule has 0 radical (unpaired) electrons. The normalized spacial score (nSPS) is 17.1. The van der Waals surface area contributed by atoms with Gasteiger partial charge in [-0.3, -0.25) is 4.79 Å². The van der Waals surface area contributed by atoms with Gasteiger partial charge in [0.2, 0.25) is 0 Å². The van der Waals surface area contributed by atoms with Crippen LogP contribution >= 0.6 is 23.2 Å². The van der Waals surface area contributed by atoms with Crippen LogP contribution < -0.4 is 5.32 Å². The van der Waals surface area contributed by atoms with E-state index in [1.54, 1.807) is 18.2 Å². The maximum atomic E-state index is 12.4. The van der Waals surface area contributed by atoms with Crippen LogP contribution in [0.2, 0.25) is 10.0 Å². The summed E-state index contributed by atoms with van der Waals surface area (Å²) in [6.45, 7) is 0. The zero-order chi connectivity index (χ0) is 14.8. The maximum absolute atomic E-state index is 12.4. The van der Waals surface area contributed by atoms with Crippen LogP contribution in [0.25, 0.3) is 0 Å². The standard InChI is InChI=1S/C17H15Cl2NO/c18-12-8-9-15(19)14(10-12)17(21)20-16-7-3-5-11-4-1-2-6-13(11)16/h1-2,4,6,8-10,16H,3,5,7H2,(H,20,21). The van der Waals surface area contributed by atoms with Gasteiger partial charge in [0.25, 0.3) is 5.91 Å². The second-order valence-corrected chi connectivity index (χ2v) is 6.08. The minimum Gasteiger partial charge on any atom is -0.345 e. The average molecular weight is 320 g/mol. The van der Waals surface area contributed by atoms with E-state index in [2.05, 4.69) is 17.4 Å². The first-order valence-electron chi connectivity index (χ1n) is 6.99. The highest BCUT2D eigenvalue weighted by Gasteiger charge is 2.22. The number of carbonyl (C=O) groups excluding carboxylic acids is 1. The fraction of sp³-hybridized carbons (Fsp3) is 0.235. The van der Waals surface area contributed by atoms with Crippen molar-refractivity contribution < 1.29 is 4.79 Å². The Morgan fingerprint density at radius 3 is 2.81 bits per heavy atom. The number of hydrogen-bond acceptors (Lipinski definition) is 1. The molecule has 1 atom stereocenters. The molecule has 2 nitrogen and oxygen atoms in total. The van der Waals surface area contributed by atoms with Crippen molar-refractivity contribution >= 4 is 29.1 Å². The first-order chi connectivity index (χ1) is 10.1. The topological polar surface area (TPSA) is 29.1 Å². The van der Waals surface area contributed by atoms with E-state index >= 15 is 0 Å². The largest absolute Gasteiger partial charge is 0.345 e. The van der Waals surface area contributed by atoms with E-state index in [0.717, 1.165) is 19.3 Å². The molecule has 1 aliphatic rings. The highest BCUT2D eigenvalue weighted by Crippen LogP contribution is 2.30. The Morgan fingerprint density at radius 2 is 1.95 bits per heavy atom. The number of aryl methyl sites for hydroxylation is 1. The maximum Gasteiger partial charge on any atom is 0.253 e. The molecule has 0 heterocycles. The molecular weight excluding hydrogens is 305 g/mol. The molecule has 2 aromatic carbocycles. The first-order valence-corrected chi connectivity index (χ1v) is 7.74. The lowest BCUT2D eigenvalue weighted by atomic mass is 9.87. The fourth-order valence-electron chi connectivity index (χ4n) is 2.81. The van der Waals surface area contributed by atoms with Gasteiger partial charge in [-0.05, 0) is 48.6 Å². The number of nitrogens with one attached hydrogen (secondary N) is 1. The number of rotatable bonds is 2. The van der Waals surface area contributed by atoms with Crippen molar-refractivity contribution in [2.45, 2.75) is 25.3 Å². The van der Waals surface area contributed by atoms with Crippen LogP contribution in [0.5, 0.6) is 0 Å². The van der Waals surface area contributed by atoms with Crippen LogP contribution in [0, 0.1) is 0 Å². The van der Waals surface area contributed by atoms with E-state index in [-0.39, 0.29) is 11.9 Å². The van der Waals surface area contributed by atoms with Gasteiger partial charge < -0.3 is 5.32 Å². The Balaban J connectivity index is 1.84. The summed E-state index contributed by atoms with van der Waals surface area (Å²) >= 11 is 12.0. The van der Waals surface area contributed by atoms with Gasteiger partial charge in [-0.1, -0.05) is 47.5 Å². The zero-order valence-corrected chi connectivity index (χ0v) is 12.9. The van der Waals surface area contributed by atoms with Gasteiger partial charge in [0.15, 0.2) is 0 Å². The van der Waals surface area contributed by atoms with Gasteiger partial charge in [0.1, 0.15) is 0 Å². The van der Waals surface area contributed by atoms with Gasteiger partial charge >= 0.3 is 0 Å². The number of hydrogen-bond donors (Lipinski definition) is 1. The third-order valence-electron chi connectivity index (χ3n) is 3.85. The van der Waals surface area contributed by atoms with Crippen LogP contribution in [-0.4, -0.2) is 5.91 Å². The first kappa shape index (κ1) is 14.4. The molecule has 2 aromatic rings. The summed E-state index contributed by atoms with van der Waals surface area (Å²) in [7, 11) is 0. The Hall–Kier alpha value is -1.51. The summed E-state index contributed by atoms with van der Waals surface area (Å²) in [5, 5.41) is 4.00. The van der Waals surface area contributed by atoms with Crippen molar-refractivity contribution in [3.63, 3.8) is 0 Å². The highest BCUT2D eigenvalue weighted by atomic mass is 35.5. The third kappa shape index (κ3) is 3.07. The smallest absolute Gasteiger partial charge is 0.253 e. The van der Waals surface area contributed by atoms with Gasteiger partial charge in [0.05, 0.1) is 16.6 Å². The van der Waals surface area contributed by atoms with Crippen LogP contribution in [0.4, 0.5) is 0 Å². The average Bonchev–Trinajstić information content (AvgIpc) is 2.50. The van der Waals surface area contributed by atoms with E-state index in [1.807, 2.05) is 12.1 Å². The molecule has 0 bridgehead atoms. The molecule has 0 fully saturated rings. The molecule has 4 heteroatoms. The van der Waals surface area contributed by atoms with Crippen LogP contribution in [0.1, 0.15) is 40.4 Å². The predicted molar refractivity (Wildman–Crippen MR) is 86.0 cm³/mol. The second-order valence-electron chi connectivity index (χ2n) is 5.24. The molecule has 0 saturated heterocycles. The predicted octanol–water partition coefficient (Wildman–Crippen LogP) is 4.80. The van der Waals surface area contributed by atoms with Gasteiger partial charge in [-0.25, -0.2) is 0 Å². The van der Waals surface area contributed by atoms with E-state index in [1.165, 1.54) is 11.1 Å². The summed E-state index contributed by atoms with van der Waals surface area (Å²) in [4.78, 5) is 12.4. The third-order valence-corrected chi connectivity index (χ3v) is 4.41. The number of halogens is 2. The molecule has 21 heavy (non-hydrogen) atoms. The molecule has 0 aliphatic heterocycles. The van der Waals surface area contributed by atoms with Crippen LogP contribution in [0.15, 0.2) is 42.5 Å². The molecular formula is C17H15Cl2NO. The van der Waals surface area contributed by atoms with E-state index < -0.39 is 0 Å².